The summed E-state index contributed by atoms with van der Waals surface area (Å²) in [6.07, 6.45) is 0. The third-order valence-electron chi connectivity index (χ3n) is 7.87. The molecule has 1 aromatic heterocycles. The monoisotopic (exact) mass is 432 g/mol. The summed E-state index contributed by atoms with van der Waals surface area (Å²) in [5.74, 6) is 0. The second-order valence-electron chi connectivity index (χ2n) is 9.30. The Balaban J connectivity index is 1.68. The van der Waals surface area contributed by atoms with Gasteiger partial charge in [-0.25, -0.2) is 0 Å². The minimum Gasteiger partial charge on any atom is -0.450 e. The molecule has 1 atom stereocenters. The largest absolute Gasteiger partial charge is 0.450 e. The smallest absolute Gasteiger partial charge is 0.326 e. The van der Waals surface area contributed by atoms with Gasteiger partial charge in [0.25, 0.3) is 0 Å². The van der Waals surface area contributed by atoms with Crippen LogP contribution in [-0.4, -0.2) is 17.1 Å². The van der Waals surface area contributed by atoms with E-state index in [9.17, 15) is 5.02 Å². The quantitative estimate of drug-likeness (QED) is 0.331. The lowest BCUT2D eigenvalue weighted by Gasteiger charge is -2.39. The molecule has 1 spiro atoms. The van der Waals surface area contributed by atoms with Gasteiger partial charge in [-0.15, -0.1) is 0 Å². The molecule has 2 nitrogen and oxygen atoms in total. The molecule has 0 saturated carbocycles. The second-order valence-corrected chi connectivity index (χ2v) is 9.30. The van der Waals surface area contributed by atoms with E-state index >= 15 is 0 Å². The highest BCUT2D eigenvalue weighted by Gasteiger charge is 2.50. The summed E-state index contributed by atoms with van der Waals surface area (Å²) in [5, 5.41) is 12.5. The number of benzene rings is 5. The van der Waals surface area contributed by atoms with Crippen molar-refractivity contribution in [3.63, 3.8) is 0 Å². The zero-order chi connectivity index (χ0) is 22.4. The Morgan fingerprint density at radius 2 is 1.29 bits per heavy atom. The van der Waals surface area contributed by atoms with Crippen molar-refractivity contribution in [2.45, 2.75) is 5.41 Å². The Kier molecular flexibility index (Phi) is 3.39. The molecule has 3 heteroatoms. The Morgan fingerprint density at radius 3 is 2.21 bits per heavy atom. The molecule has 34 heavy (non-hydrogen) atoms. The topological polar surface area (TPSA) is 25.2 Å². The van der Waals surface area contributed by atoms with Crippen molar-refractivity contribution in [1.82, 2.24) is 4.57 Å². The summed E-state index contributed by atoms with van der Waals surface area (Å²) < 4.78 is 2.45. The maximum absolute atomic E-state index is 9.94. The maximum atomic E-state index is 9.94. The average molecular weight is 432 g/mol. The van der Waals surface area contributed by atoms with Crippen molar-refractivity contribution in [2.24, 2.45) is 0 Å². The van der Waals surface area contributed by atoms with Crippen LogP contribution >= 0.6 is 0 Å². The first-order valence-corrected chi connectivity index (χ1v) is 11.7. The molecule has 157 valence electrons. The summed E-state index contributed by atoms with van der Waals surface area (Å²) >= 11 is 0. The van der Waals surface area contributed by atoms with Crippen LogP contribution in [0.15, 0.2) is 109 Å². The van der Waals surface area contributed by atoms with Crippen molar-refractivity contribution in [3.05, 3.63) is 131 Å². The van der Waals surface area contributed by atoms with Gasteiger partial charge in [0.1, 0.15) is 0 Å². The first-order valence-electron chi connectivity index (χ1n) is 11.7. The van der Waals surface area contributed by atoms with Gasteiger partial charge in [-0.1, -0.05) is 103 Å². The van der Waals surface area contributed by atoms with Crippen LogP contribution in [0, 0.1) is 0 Å². The second kappa shape index (κ2) is 6.28. The molecule has 0 fully saturated rings. The molecule has 1 N–H and O–H groups in total. The van der Waals surface area contributed by atoms with E-state index in [2.05, 4.69) is 108 Å². The lowest BCUT2D eigenvalue weighted by molar-refractivity contribution is 0.615. The van der Waals surface area contributed by atoms with E-state index in [0.29, 0.717) is 0 Å². The number of hydrogen-bond donors (Lipinski definition) is 1. The van der Waals surface area contributed by atoms with Crippen LogP contribution in [0.5, 0.6) is 0 Å². The number of aromatic nitrogens is 1. The third kappa shape index (κ3) is 1.95. The molecule has 0 amide bonds. The fourth-order valence-corrected chi connectivity index (χ4v) is 6.66. The van der Waals surface area contributed by atoms with E-state index in [-0.39, 0.29) is 0 Å². The van der Waals surface area contributed by atoms with Crippen LogP contribution in [0.1, 0.15) is 22.3 Å². The minimum atomic E-state index is -0.453. The summed E-state index contributed by atoms with van der Waals surface area (Å²) in [6, 6.07) is 39.4. The molecule has 1 radical (unpaired) electrons. The highest BCUT2D eigenvalue weighted by molar-refractivity contribution is 6.45. The fourth-order valence-electron chi connectivity index (χ4n) is 6.66. The van der Waals surface area contributed by atoms with Gasteiger partial charge in [-0.2, -0.15) is 0 Å². The van der Waals surface area contributed by atoms with E-state index in [1.807, 2.05) is 6.07 Å². The third-order valence-corrected chi connectivity index (χ3v) is 7.87. The van der Waals surface area contributed by atoms with Crippen LogP contribution in [0.25, 0.3) is 38.6 Å². The van der Waals surface area contributed by atoms with Crippen molar-refractivity contribution < 1.29 is 5.02 Å². The molecule has 2 aliphatic rings. The lowest BCUT2D eigenvalue weighted by atomic mass is 9.64. The van der Waals surface area contributed by atoms with Crippen LogP contribution in [0.2, 0.25) is 0 Å². The molecule has 5 aromatic carbocycles. The van der Waals surface area contributed by atoms with Gasteiger partial charge in [0.2, 0.25) is 0 Å². The van der Waals surface area contributed by atoms with Gasteiger partial charge in [0.15, 0.2) is 0 Å². The van der Waals surface area contributed by atoms with Gasteiger partial charge in [-0.05, 0) is 45.5 Å². The molecule has 0 bridgehead atoms. The van der Waals surface area contributed by atoms with Crippen molar-refractivity contribution in [1.29, 1.82) is 0 Å². The Labute approximate surface area is 198 Å². The first kappa shape index (κ1) is 18.4. The Bertz CT molecular complexity index is 1810. The predicted octanol–water partition coefficient (Wildman–Crippen LogP) is 5.70. The van der Waals surface area contributed by atoms with Gasteiger partial charge in [0.05, 0.1) is 22.1 Å². The van der Waals surface area contributed by atoms with Crippen LogP contribution < -0.4 is 5.46 Å². The van der Waals surface area contributed by atoms with Gasteiger partial charge >= 0.3 is 7.48 Å². The maximum Gasteiger partial charge on any atom is 0.326 e. The normalized spacial score (nSPS) is 17.1. The van der Waals surface area contributed by atoms with E-state index in [1.54, 1.807) is 0 Å². The standard InChI is InChI=1S/C31H19BNO/c34-32-19-16-17-21-20-8-1-3-11-24(20)31(27(21)18-19)25-12-4-6-15-29(25)33-28-14-5-2-9-22(28)23-10-7-13-26(31)30(23)33/h1-18,34H. The summed E-state index contributed by atoms with van der Waals surface area (Å²) in [6.45, 7) is 0. The van der Waals surface area contributed by atoms with Gasteiger partial charge < -0.3 is 9.59 Å². The zero-order valence-electron chi connectivity index (χ0n) is 18.4. The molecule has 0 saturated heterocycles. The van der Waals surface area contributed by atoms with Crippen molar-refractivity contribution in [2.75, 3.05) is 0 Å². The van der Waals surface area contributed by atoms with E-state index in [4.69, 9.17) is 0 Å². The molecule has 1 unspecified atom stereocenters. The molecule has 1 aliphatic carbocycles. The number of fused-ring (bicyclic) bond motifs is 12. The lowest BCUT2D eigenvalue weighted by Crippen LogP contribution is -2.34. The zero-order valence-corrected chi connectivity index (χ0v) is 18.4. The molecule has 8 rings (SSSR count). The summed E-state index contributed by atoms with van der Waals surface area (Å²) in [5.41, 5.74) is 11.7. The number of nitrogens with zero attached hydrogens (tertiary/aromatic N) is 1. The fraction of sp³-hybridized carbons (Fsp3) is 0.0323. The average Bonchev–Trinajstić information content (AvgIpc) is 3.39. The summed E-state index contributed by atoms with van der Waals surface area (Å²) in [7, 11) is 1.21. The molecule has 1 aliphatic heterocycles. The van der Waals surface area contributed by atoms with Gasteiger partial charge in [-0.3, -0.25) is 0 Å². The number of rotatable bonds is 1. The molecular weight excluding hydrogens is 413 g/mol. The minimum absolute atomic E-state index is 0.453. The number of para-hydroxylation sites is 3. The van der Waals surface area contributed by atoms with E-state index < -0.39 is 5.41 Å². The Hall–Kier alpha value is -4.08. The molecular formula is C31H19BNO. The highest BCUT2D eigenvalue weighted by atomic mass is 16.2. The molecule has 6 aromatic rings. The number of hydrogen-bond acceptors (Lipinski definition) is 1. The van der Waals surface area contributed by atoms with Crippen molar-refractivity contribution >= 4 is 34.8 Å². The predicted molar refractivity (Wildman–Crippen MR) is 139 cm³/mol. The van der Waals surface area contributed by atoms with Gasteiger partial charge in [0, 0.05) is 10.8 Å². The van der Waals surface area contributed by atoms with E-state index in [0.717, 1.165) is 5.46 Å². The van der Waals surface area contributed by atoms with Crippen LogP contribution in [-0.2, 0) is 5.41 Å². The van der Waals surface area contributed by atoms with E-state index in [1.165, 1.54) is 68.4 Å². The van der Waals surface area contributed by atoms with Crippen LogP contribution in [0.4, 0.5) is 0 Å². The Morgan fingerprint density at radius 1 is 0.588 bits per heavy atom. The van der Waals surface area contributed by atoms with Crippen molar-refractivity contribution in [3.8, 4) is 16.8 Å². The summed E-state index contributed by atoms with van der Waals surface area (Å²) in [4.78, 5) is 0. The SMILES string of the molecule is O[B]c1ccc2c(c1)C1(c3ccccc3-2)c2ccccc2-n2c3ccccc3c3cccc1c32. The first-order chi connectivity index (χ1) is 16.8. The molecule has 2 heterocycles. The highest BCUT2D eigenvalue weighted by Crippen LogP contribution is 2.60. The van der Waals surface area contributed by atoms with Crippen LogP contribution in [0.3, 0.4) is 0 Å².